The van der Waals surface area contributed by atoms with Crippen LogP contribution in [-0.4, -0.2) is 57.0 Å². The molecule has 0 spiro atoms. The van der Waals surface area contributed by atoms with Gasteiger partial charge in [0.25, 0.3) is 0 Å². The molecule has 0 aromatic rings. The van der Waals surface area contributed by atoms with Crippen LogP contribution in [0.3, 0.4) is 0 Å². The molecule has 98 valence electrons. The molecule has 17 heavy (non-hydrogen) atoms. The Morgan fingerprint density at radius 1 is 1.24 bits per heavy atom. The first-order valence-electron chi connectivity index (χ1n) is 5.53. The van der Waals surface area contributed by atoms with Gasteiger partial charge in [0.05, 0.1) is 12.5 Å². The molecular weight excluding hydrogens is 228 g/mol. The molecule has 3 atom stereocenters. The van der Waals surface area contributed by atoms with Crippen molar-refractivity contribution in [1.82, 2.24) is 4.90 Å². The Hall–Kier alpha value is -1.02. The van der Waals surface area contributed by atoms with Crippen LogP contribution in [0.4, 0.5) is 0 Å². The van der Waals surface area contributed by atoms with Crippen LogP contribution in [0.1, 0.15) is 25.7 Å². The molecule has 3 unspecified atom stereocenters. The number of ketones is 1. The van der Waals surface area contributed by atoms with E-state index in [1.807, 2.05) is 0 Å². The fraction of sp³-hybridized carbons (Fsp3) is 0.800. The molecule has 0 radical (unpaired) electrons. The largest absolute Gasteiger partial charge is 0.481 e. The van der Waals surface area contributed by atoms with Crippen molar-refractivity contribution in [3.05, 3.63) is 0 Å². The first kappa shape index (κ1) is 14.0. The fourth-order valence-electron chi connectivity index (χ4n) is 1.82. The highest BCUT2D eigenvalue weighted by atomic mass is 16.4. The van der Waals surface area contributed by atoms with Crippen LogP contribution >= 0.6 is 0 Å². The monoisotopic (exact) mass is 246 g/mol. The minimum Gasteiger partial charge on any atom is -0.481 e. The molecule has 0 amide bonds. The van der Waals surface area contributed by atoms with Crippen molar-refractivity contribution in [2.24, 2.45) is 5.73 Å². The van der Waals surface area contributed by atoms with E-state index in [9.17, 15) is 19.8 Å². The fourth-order valence-corrected chi connectivity index (χ4v) is 1.82. The number of aliphatic hydroxyl groups excluding tert-OH is 2. The quantitative estimate of drug-likeness (QED) is 0.448. The lowest BCUT2D eigenvalue weighted by Crippen LogP contribution is -2.47. The average molecular weight is 246 g/mol. The van der Waals surface area contributed by atoms with Crippen LogP contribution in [0.15, 0.2) is 0 Å². The van der Waals surface area contributed by atoms with Gasteiger partial charge in [-0.15, -0.1) is 0 Å². The Labute approximate surface area is 98.8 Å². The molecule has 1 aliphatic heterocycles. The Kier molecular flexibility index (Phi) is 5.01. The van der Waals surface area contributed by atoms with Gasteiger partial charge in [0, 0.05) is 13.0 Å². The summed E-state index contributed by atoms with van der Waals surface area (Å²) in [5.41, 5.74) is 5.60. The smallest absolute Gasteiger partial charge is 0.303 e. The number of aliphatic hydroxyl groups is 2. The molecule has 1 aliphatic rings. The number of carboxylic acids is 1. The van der Waals surface area contributed by atoms with Gasteiger partial charge in [0.1, 0.15) is 12.5 Å². The summed E-state index contributed by atoms with van der Waals surface area (Å²) in [4.78, 5) is 23.1. The van der Waals surface area contributed by atoms with E-state index in [1.165, 1.54) is 4.90 Å². The molecule has 0 aromatic carbocycles. The van der Waals surface area contributed by atoms with E-state index in [2.05, 4.69) is 0 Å². The number of Topliss-reactive ketones (excluding diaryl/α,β-unsaturated/α-hetero) is 1. The van der Waals surface area contributed by atoms with Crippen molar-refractivity contribution in [3.8, 4) is 0 Å². The topological polar surface area (TPSA) is 124 Å². The predicted octanol–water partition coefficient (Wildman–Crippen LogP) is -1.52. The number of likely N-dealkylation sites (tertiary alicyclic amines) is 1. The Balaban J connectivity index is 2.39. The molecule has 5 N–H and O–H groups in total. The van der Waals surface area contributed by atoms with Gasteiger partial charge in [0.15, 0.2) is 5.78 Å². The van der Waals surface area contributed by atoms with Gasteiger partial charge in [-0.25, -0.2) is 0 Å². The Morgan fingerprint density at radius 2 is 1.76 bits per heavy atom. The first-order valence-corrected chi connectivity index (χ1v) is 5.53. The molecule has 0 saturated carbocycles. The van der Waals surface area contributed by atoms with Gasteiger partial charge < -0.3 is 21.1 Å². The van der Waals surface area contributed by atoms with Crippen molar-refractivity contribution < 1.29 is 24.9 Å². The van der Waals surface area contributed by atoms with E-state index in [-0.39, 0.29) is 25.2 Å². The van der Waals surface area contributed by atoms with Gasteiger partial charge in [-0.2, -0.15) is 0 Å². The van der Waals surface area contributed by atoms with Crippen LogP contribution in [0.2, 0.25) is 0 Å². The second-order valence-corrected chi connectivity index (χ2v) is 4.20. The summed E-state index contributed by atoms with van der Waals surface area (Å²) in [7, 11) is 0. The standard InChI is InChI=1S/C10H18N2O5/c11-6(7(13)1-4-10(16)17)5-12-8(14)2-3-9(12)15/h6,8-9,14-15H,1-5,11H2,(H,16,17). The molecule has 7 heteroatoms. The van der Waals surface area contributed by atoms with Crippen LogP contribution in [0, 0.1) is 0 Å². The van der Waals surface area contributed by atoms with Crippen molar-refractivity contribution in [2.75, 3.05) is 6.54 Å². The molecule has 1 heterocycles. The summed E-state index contributed by atoms with van der Waals surface area (Å²) in [5.74, 6) is -1.43. The zero-order valence-corrected chi connectivity index (χ0v) is 9.45. The minimum absolute atomic E-state index is 0.0424. The molecular formula is C10H18N2O5. The molecule has 1 rings (SSSR count). The number of carbonyl (C=O) groups excluding carboxylic acids is 1. The maximum absolute atomic E-state index is 11.5. The normalized spacial score (nSPS) is 27.0. The number of aliphatic carboxylic acids is 1. The van der Waals surface area contributed by atoms with E-state index < -0.39 is 24.5 Å². The lowest BCUT2D eigenvalue weighted by molar-refractivity contribution is -0.139. The molecule has 1 fully saturated rings. The van der Waals surface area contributed by atoms with Gasteiger partial charge in [0.2, 0.25) is 0 Å². The van der Waals surface area contributed by atoms with Gasteiger partial charge >= 0.3 is 5.97 Å². The third kappa shape index (κ3) is 4.04. The van der Waals surface area contributed by atoms with Crippen molar-refractivity contribution in [1.29, 1.82) is 0 Å². The number of hydrogen-bond donors (Lipinski definition) is 4. The zero-order valence-electron chi connectivity index (χ0n) is 9.45. The maximum atomic E-state index is 11.5. The lowest BCUT2D eigenvalue weighted by atomic mass is 10.1. The molecule has 0 bridgehead atoms. The summed E-state index contributed by atoms with van der Waals surface area (Å²) in [6, 6.07) is -0.878. The summed E-state index contributed by atoms with van der Waals surface area (Å²) >= 11 is 0. The Bertz CT molecular complexity index is 286. The van der Waals surface area contributed by atoms with Crippen LogP contribution < -0.4 is 5.73 Å². The van der Waals surface area contributed by atoms with Crippen molar-refractivity contribution in [2.45, 2.75) is 44.2 Å². The summed E-state index contributed by atoms with van der Waals surface area (Å²) in [6.45, 7) is 0.0424. The second kappa shape index (κ2) is 6.06. The van der Waals surface area contributed by atoms with E-state index in [0.29, 0.717) is 12.8 Å². The van der Waals surface area contributed by atoms with E-state index in [1.54, 1.807) is 0 Å². The first-order chi connectivity index (χ1) is 7.91. The predicted molar refractivity (Wildman–Crippen MR) is 57.8 cm³/mol. The van der Waals surface area contributed by atoms with Gasteiger partial charge in [-0.05, 0) is 12.8 Å². The van der Waals surface area contributed by atoms with Crippen LogP contribution in [0.5, 0.6) is 0 Å². The zero-order chi connectivity index (χ0) is 13.0. The van der Waals surface area contributed by atoms with Crippen molar-refractivity contribution >= 4 is 11.8 Å². The molecule has 0 aromatic heterocycles. The number of hydrogen-bond acceptors (Lipinski definition) is 6. The highest BCUT2D eigenvalue weighted by Crippen LogP contribution is 2.20. The summed E-state index contributed by atoms with van der Waals surface area (Å²) in [6.07, 6.45) is -1.07. The van der Waals surface area contributed by atoms with Crippen molar-refractivity contribution in [3.63, 3.8) is 0 Å². The van der Waals surface area contributed by atoms with E-state index in [0.717, 1.165) is 0 Å². The highest BCUT2D eigenvalue weighted by molar-refractivity contribution is 5.86. The number of nitrogens with two attached hydrogens (primary N) is 1. The molecule has 1 saturated heterocycles. The van der Waals surface area contributed by atoms with Gasteiger partial charge in [-0.1, -0.05) is 0 Å². The van der Waals surface area contributed by atoms with Crippen LogP contribution in [0.25, 0.3) is 0 Å². The SMILES string of the molecule is NC(CN1C(O)CCC1O)C(=O)CCC(=O)O. The third-order valence-corrected chi connectivity index (χ3v) is 2.86. The third-order valence-electron chi connectivity index (χ3n) is 2.86. The van der Waals surface area contributed by atoms with E-state index in [4.69, 9.17) is 10.8 Å². The minimum atomic E-state index is -1.05. The number of carbonyl (C=O) groups is 2. The van der Waals surface area contributed by atoms with E-state index >= 15 is 0 Å². The second-order valence-electron chi connectivity index (χ2n) is 4.20. The lowest BCUT2D eigenvalue weighted by Gasteiger charge is -2.26. The maximum Gasteiger partial charge on any atom is 0.303 e. The highest BCUT2D eigenvalue weighted by Gasteiger charge is 2.32. The number of carboxylic acid groups (broad SMARTS) is 1. The molecule has 0 aliphatic carbocycles. The number of rotatable bonds is 6. The summed E-state index contributed by atoms with van der Waals surface area (Å²) in [5, 5.41) is 27.5. The summed E-state index contributed by atoms with van der Waals surface area (Å²) < 4.78 is 0. The average Bonchev–Trinajstić information content (AvgIpc) is 2.57. The van der Waals surface area contributed by atoms with Gasteiger partial charge in [-0.3, -0.25) is 14.5 Å². The Morgan fingerprint density at radius 3 is 2.24 bits per heavy atom. The molecule has 7 nitrogen and oxygen atoms in total. The van der Waals surface area contributed by atoms with Crippen LogP contribution in [-0.2, 0) is 9.59 Å². The number of nitrogens with zero attached hydrogens (tertiary/aromatic N) is 1.